The fourth-order valence-electron chi connectivity index (χ4n) is 2.09. The van der Waals surface area contributed by atoms with Crippen molar-refractivity contribution in [3.8, 4) is 5.75 Å². The molecule has 0 spiro atoms. The molecule has 0 aromatic heterocycles. The molecule has 0 atom stereocenters. The van der Waals surface area contributed by atoms with Gasteiger partial charge < -0.3 is 4.74 Å². The first-order chi connectivity index (χ1) is 7.93. The molecule has 0 aliphatic heterocycles. The predicted molar refractivity (Wildman–Crippen MR) is 70.6 cm³/mol. The second-order valence-corrected chi connectivity index (χ2v) is 5.74. The highest BCUT2D eigenvalue weighted by atomic mass is 16.5. The number of benzene rings is 1. The van der Waals surface area contributed by atoms with Crippen LogP contribution in [0.3, 0.4) is 0 Å². The van der Waals surface area contributed by atoms with Crippen LogP contribution in [0.1, 0.15) is 44.5 Å². The normalized spacial score (nSPS) is 11.6. The van der Waals surface area contributed by atoms with E-state index < -0.39 is 0 Å². The lowest BCUT2D eigenvalue weighted by atomic mass is 9.85. The molecule has 0 unspecified atom stereocenters. The van der Waals surface area contributed by atoms with Crippen molar-refractivity contribution in [2.75, 3.05) is 6.61 Å². The highest BCUT2D eigenvalue weighted by molar-refractivity contribution is 5.74. The molecule has 0 fully saturated rings. The number of carbonyl (C=O) groups excluding carboxylic acids is 1. The molecule has 0 N–H and O–H groups in total. The van der Waals surface area contributed by atoms with Gasteiger partial charge in [0.05, 0.1) is 6.61 Å². The van der Waals surface area contributed by atoms with Crippen molar-refractivity contribution in [3.63, 3.8) is 0 Å². The molecule has 0 aliphatic rings. The standard InChI is InChI=1S/C15H22O2/c1-12(2)9-15(3,4)11-17-14-7-5-13(10-16)6-8-14/h5-8,10,12H,9,11H2,1-4H3. The highest BCUT2D eigenvalue weighted by Crippen LogP contribution is 2.26. The molecule has 0 saturated carbocycles. The summed E-state index contributed by atoms with van der Waals surface area (Å²) in [6, 6.07) is 7.24. The van der Waals surface area contributed by atoms with Gasteiger partial charge in [0.2, 0.25) is 0 Å². The number of hydrogen-bond donors (Lipinski definition) is 0. The zero-order valence-electron chi connectivity index (χ0n) is 11.2. The van der Waals surface area contributed by atoms with E-state index in [1.54, 1.807) is 12.1 Å². The van der Waals surface area contributed by atoms with Gasteiger partial charge in [0.15, 0.2) is 0 Å². The van der Waals surface area contributed by atoms with Gasteiger partial charge in [-0.15, -0.1) is 0 Å². The fourth-order valence-corrected chi connectivity index (χ4v) is 2.09. The van der Waals surface area contributed by atoms with Crippen LogP contribution in [-0.4, -0.2) is 12.9 Å². The molecule has 0 heterocycles. The third-order valence-electron chi connectivity index (χ3n) is 2.61. The first kappa shape index (κ1) is 13.8. The lowest BCUT2D eigenvalue weighted by Crippen LogP contribution is -2.23. The topological polar surface area (TPSA) is 26.3 Å². The van der Waals surface area contributed by atoms with Crippen LogP contribution in [0.15, 0.2) is 24.3 Å². The van der Waals surface area contributed by atoms with Crippen molar-refractivity contribution in [2.24, 2.45) is 11.3 Å². The predicted octanol–water partition coefficient (Wildman–Crippen LogP) is 3.95. The van der Waals surface area contributed by atoms with E-state index in [2.05, 4.69) is 27.7 Å². The Bertz CT molecular complexity index is 350. The smallest absolute Gasteiger partial charge is 0.150 e. The van der Waals surface area contributed by atoms with Gasteiger partial charge in [-0.1, -0.05) is 27.7 Å². The summed E-state index contributed by atoms with van der Waals surface area (Å²) in [4.78, 5) is 10.5. The van der Waals surface area contributed by atoms with E-state index in [1.165, 1.54) is 0 Å². The Labute approximate surface area is 104 Å². The summed E-state index contributed by atoms with van der Waals surface area (Å²) in [6.07, 6.45) is 1.98. The van der Waals surface area contributed by atoms with Crippen molar-refractivity contribution in [1.82, 2.24) is 0 Å². The average molecular weight is 234 g/mol. The molecule has 2 heteroatoms. The number of hydrogen-bond acceptors (Lipinski definition) is 2. The molecule has 1 aromatic carbocycles. The van der Waals surface area contributed by atoms with Crippen molar-refractivity contribution in [1.29, 1.82) is 0 Å². The van der Waals surface area contributed by atoms with Crippen LogP contribution in [0.25, 0.3) is 0 Å². The summed E-state index contributed by atoms with van der Waals surface area (Å²) >= 11 is 0. The van der Waals surface area contributed by atoms with Gasteiger partial charge in [-0.2, -0.15) is 0 Å². The number of ether oxygens (including phenoxy) is 1. The molecule has 17 heavy (non-hydrogen) atoms. The van der Waals surface area contributed by atoms with E-state index in [0.717, 1.165) is 18.5 Å². The van der Waals surface area contributed by atoms with Crippen LogP contribution in [0.4, 0.5) is 0 Å². The Morgan fingerprint density at radius 2 is 1.82 bits per heavy atom. The molecule has 2 nitrogen and oxygen atoms in total. The average Bonchev–Trinajstić information content (AvgIpc) is 2.25. The van der Waals surface area contributed by atoms with Crippen LogP contribution in [0.5, 0.6) is 5.75 Å². The largest absolute Gasteiger partial charge is 0.493 e. The minimum absolute atomic E-state index is 0.178. The van der Waals surface area contributed by atoms with Crippen molar-refractivity contribution in [2.45, 2.75) is 34.1 Å². The van der Waals surface area contributed by atoms with Gasteiger partial charge in [-0.25, -0.2) is 0 Å². The third kappa shape index (κ3) is 5.03. The Morgan fingerprint density at radius 3 is 2.29 bits per heavy atom. The van der Waals surface area contributed by atoms with Crippen LogP contribution in [0.2, 0.25) is 0 Å². The van der Waals surface area contributed by atoms with Gasteiger partial charge in [0.25, 0.3) is 0 Å². The van der Waals surface area contributed by atoms with E-state index in [0.29, 0.717) is 18.1 Å². The molecular formula is C15H22O2. The minimum Gasteiger partial charge on any atom is -0.493 e. The molecular weight excluding hydrogens is 212 g/mol. The van der Waals surface area contributed by atoms with Crippen LogP contribution in [0, 0.1) is 11.3 Å². The maximum atomic E-state index is 10.5. The summed E-state index contributed by atoms with van der Waals surface area (Å²) in [5, 5.41) is 0. The Balaban J connectivity index is 2.51. The van der Waals surface area contributed by atoms with Crippen LogP contribution >= 0.6 is 0 Å². The minimum atomic E-state index is 0.178. The number of carbonyl (C=O) groups is 1. The molecule has 0 aliphatic carbocycles. The van der Waals surface area contributed by atoms with Gasteiger partial charge >= 0.3 is 0 Å². The quantitative estimate of drug-likeness (QED) is 0.697. The lowest BCUT2D eigenvalue weighted by Gasteiger charge is -2.26. The van der Waals surface area contributed by atoms with Gasteiger partial charge in [0, 0.05) is 5.56 Å². The summed E-state index contributed by atoms with van der Waals surface area (Å²) < 4.78 is 5.76. The molecule has 1 aromatic rings. The van der Waals surface area contributed by atoms with Crippen molar-refractivity contribution < 1.29 is 9.53 Å². The number of rotatable bonds is 6. The zero-order valence-corrected chi connectivity index (χ0v) is 11.2. The maximum Gasteiger partial charge on any atom is 0.150 e. The Hall–Kier alpha value is -1.31. The van der Waals surface area contributed by atoms with Gasteiger partial charge in [-0.3, -0.25) is 4.79 Å². The first-order valence-corrected chi connectivity index (χ1v) is 6.11. The van der Waals surface area contributed by atoms with Crippen LogP contribution < -0.4 is 4.74 Å². The third-order valence-corrected chi connectivity index (χ3v) is 2.61. The van der Waals surface area contributed by atoms with E-state index in [1.807, 2.05) is 12.1 Å². The highest BCUT2D eigenvalue weighted by Gasteiger charge is 2.20. The second-order valence-electron chi connectivity index (χ2n) is 5.74. The molecule has 0 radical (unpaired) electrons. The van der Waals surface area contributed by atoms with E-state index >= 15 is 0 Å². The summed E-state index contributed by atoms with van der Waals surface area (Å²) in [7, 11) is 0. The summed E-state index contributed by atoms with van der Waals surface area (Å²) in [5.74, 6) is 1.50. The van der Waals surface area contributed by atoms with E-state index in [4.69, 9.17) is 4.74 Å². The zero-order chi connectivity index (χ0) is 12.9. The van der Waals surface area contributed by atoms with Crippen molar-refractivity contribution >= 4 is 6.29 Å². The Kier molecular flexibility index (Phi) is 4.73. The molecule has 0 saturated heterocycles. The first-order valence-electron chi connectivity index (χ1n) is 6.11. The summed E-state index contributed by atoms with van der Waals surface area (Å²) in [5.41, 5.74) is 0.858. The molecule has 1 rings (SSSR count). The van der Waals surface area contributed by atoms with Crippen molar-refractivity contribution in [3.05, 3.63) is 29.8 Å². The van der Waals surface area contributed by atoms with E-state index in [9.17, 15) is 4.79 Å². The molecule has 94 valence electrons. The SMILES string of the molecule is CC(C)CC(C)(C)COc1ccc(C=O)cc1. The monoisotopic (exact) mass is 234 g/mol. The number of aldehydes is 1. The Morgan fingerprint density at radius 1 is 1.24 bits per heavy atom. The fraction of sp³-hybridized carbons (Fsp3) is 0.533. The summed E-state index contributed by atoms with van der Waals surface area (Å²) in [6.45, 7) is 9.58. The van der Waals surface area contributed by atoms with Gasteiger partial charge in [-0.05, 0) is 42.0 Å². The lowest BCUT2D eigenvalue weighted by molar-refractivity contribution is 0.112. The molecule has 0 bridgehead atoms. The van der Waals surface area contributed by atoms with E-state index in [-0.39, 0.29) is 5.41 Å². The maximum absolute atomic E-state index is 10.5. The van der Waals surface area contributed by atoms with Crippen LogP contribution in [-0.2, 0) is 0 Å². The second kappa shape index (κ2) is 5.85. The molecule has 0 amide bonds. The van der Waals surface area contributed by atoms with Gasteiger partial charge in [0.1, 0.15) is 12.0 Å².